The van der Waals surface area contributed by atoms with Gasteiger partial charge in [-0.15, -0.1) is 5.10 Å². The Bertz CT molecular complexity index is 727. The van der Waals surface area contributed by atoms with Crippen LogP contribution in [-0.4, -0.2) is 55.0 Å². The van der Waals surface area contributed by atoms with Crippen LogP contribution in [0.15, 0.2) is 18.5 Å². The molecule has 2 aliphatic rings. The summed E-state index contributed by atoms with van der Waals surface area (Å²) in [5, 5.41) is 11.7. The average Bonchev–Trinajstić information content (AvgIpc) is 3.26. The molecule has 1 N–H and O–H groups in total. The van der Waals surface area contributed by atoms with Crippen LogP contribution in [0.2, 0.25) is 0 Å². The fourth-order valence-electron chi connectivity index (χ4n) is 3.25. The molecule has 4 rings (SSSR count). The Hall–Kier alpha value is -2.55. The van der Waals surface area contributed by atoms with Gasteiger partial charge in [-0.25, -0.2) is 14.6 Å². The first kappa shape index (κ1) is 15.9. The van der Waals surface area contributed by atoms with Gasteiger partial charge in [0.05, 0.1) is 18.8 Å². The van der Waals surface area contributed by atoms with Crippen molar-refractivity contribution in [2.45, 2.75) is 45.0 Å². The highest BCUT2D eigenvalue weighted by atomic mass is 16.5. The van der Waals surface area contributed by atoms with Crippen molar-refractivity contribution < 1.29 is 9.53 Å². The fourth-order valence-corrected chi connectivity index (χ4v) is 3.25. The number of carbonyl (C=O) groups is 1. The fraction of sp³-hybridized carbons (Fsp3) is 0.562. The van der Waals surface area contributed by atoms with E-state index in [4.69, 9.17) is 4.74 Å². The van der Waals surface area contributed by atoms with E-state index in [1.807, 2.05) is 9.58 Å². The van der Waals surface area contributed by atoms with Crippen molar-refractivity contribution in [2.24, 2.45) is 0 Å². The lowest BCUT2D eigenvalue weighted by molar-refractivity contribution is -0.141. The first-order valence-electron chi connectivity index (χ1n) is 8.64. The van der Waals surface area contributed by atoms with Crippen molar-refractivity contribution in [3.05, 3.63) is 29.8 Å². The van der Waals surface area contributed by atoms with Crippen LogP contribution in [0.4, 0.5) is 5.95 Å². The van der Waals surface area contributed by atoms with E-state index in [1.54, 1.807) is 18.5 Å². The molecule has 0 bridgehead atoms. The van der Waals surface area contributed by atoms with Gasteiger partial charge in [-0.2, -0.15) is 0 Å². The quantitative estimate of drug-likeness (QED) is 0.867. The molecule has 2 aromatic heterocycles. The van der Waals surface area contributed by atoms with Crippen molar-refractivity contribution in [1.82, 2.24) is 29.9 Å². The van der Waals surface area contributed by atoms with Crippen LogP contribution >= 0.6 is 0 Å². The molecule has 1 unspecified atom stereocenters. The Morgan fingerprint density at radius 1 is 1.28 bits per heavy atom. The van der Waals surface area contributed by atoms with Crippen LogP contribution in [0.5, 0.6) is 0 Å². The number of nitrogens with zero attached hydrogens (tertiary/aromatic N) is 6. The van der Waals surface area contributed by atoms with Crippen molar-refractivity contribution in [3.63, 3.8) is 0 Å². The maximum Gasteiger partial charge on any atom is 0.252 e. The van der Waals surface area contributed by atoms with E-state index in [9.17, 15) is 4.79 Å². The summed E-state index contributed by atoms with van der Waals surface area (Å²) in [6.45, 7) is 3.14. The third-order valence-corrected chi connectivity index (χ3v) is 4.55. The number of fused-ring (bicyclic) bond motifs is 1. The first-order valence-corrected chi connectivity index (χ1v) is 8.64. The molecule has 1 fully saturated rings. The van der Waals surface area contributed by atoms with Gasteiger partial charge in [0.1, 0.15) is 11.8 Å². The summed E-state index contributed by atoms with van der Waals surface area (Å²) in [5.74, 6) is 0.627. The van der Waals surface area contributed by atoms with Crippen molar-refractivity contribution in [2.75, 3.05) is 18.5 Å². The summed E-state index contributed by atoms with van der Waals surface area (Å²) in [5.41, 5.74) is 1.78. The first-order chi connectivity index (χ1) is 12.3. The van der Waals surface area contributed by atoms with Crippen LogP contribution in [0.1, 0.15) is 30.7 Å². The minimum Gasteiger partial charge on any atom is -0.368 e. The number of amides is 1. The summed E-state index contributed by atoms with van der Waals surface area (Å²) in [6.07, 6.45) is 5.71. The number of rotatable bonds is 4. The zero-order valence-electron chi connectivity index (χ0n) is 14.0. The molecule has 0 spiro atoms. The summed E-state index contributed by atoms with van der Waals surface area (Å²) < 4.78 is 7.45. The number of nitrogens with one attached hydrogen (secondary N) is 1. The second-order valence-corrected chi connectivity index (χ2v) is 6.25. The Morgan fingerprint density at radius 3 is 2.96 bits per heavy atom. The van der Waals surface area contributed by atoms with Crippen LogP contribution in [0.3, 0.4) is 0 Å². The summed E-state index contributed by atoms with van der Waals surface area (Å²) in [7, 11) is 0. The number of ether oxygens (including phenoxy) is 1. The Balaban J connectivity index is 1.48. The molecule has 9 nitrogen and oxygen atoms in total. The molecule has 1 amide bonds. The van der Waals surface area contributed by atoms with Crippen LogP contribution < -0.4 is 5.32 Å². The summed E-state index contributed by atoms with van der Waals surface area (Å²) in [6, 6.07) is 1.77. The van der Waals surface area contributed by atoms with Crippen LogP contribution in [0.25, 0.3) is 0 Å². The third kappa shape index (κ3) is 3.46. The zero-order valence-corrected chi connectivity index (χ0v) is 14.0. The van der Waals surface area contributed by atoms with Gasteiger partial charge in [0, 0.05) is 32.1 Å². The highest BCUT2D eigenvalue weighted by Crippen LogP contribution is 2.20. The molecule has 2 aliphatic heterocycles. The van der Waals surface area contributed by atoms with Gasteiger partial charge in [-0.3, -0.25) is 4.79 Å². The van der Waals surface area contributed by atoms with Crippen LogP contribution in [0, 0.1) is 0 Å². The van der Waals surface area contributed by atoms with Crippen LogP contribution in [-0.2, 0) is 29.2 Å². The highest BCUT2D eigenvalue weighted by molar-refractivity contribution is 5.81. The predicted molar refractivity (Wildman–Crippen MR) is 88.4 cm³/mol. The third-order valence-electron chi connectivity index (χ3n) is 4.55. The smallest absolute Gasteiger partial charge is 0.252 e. The van der Waals surface area contributed by atoms with E-state index in [-0.39, 0.29) is 12.0 Å². The van der Waals surface area contributed by atoms with E-state index in [0.717, 1.165) is 43.7 Å². The van der Waals surface area contributed by atoms with Crippen molar-refractivity contribution in [3.8, 4) is 0 Å². The lowest BCUT2D eigenvalue weighted by atomic mass is 10.2. The number of anilines is 1. The lowest BCUT2D eigenvalue weighted by Crippen LogP contribution is -2.38. The monoisotopic (exact) mass is 343 g/mol. The highest BCUT2D eigenvalue weighted by Gasteiger charge is 2.30. The van der Waals surface area contributed by atoms with Gasteiger partial charge in [0.2, 0.25) is 5.95 Å². The van der Waals surface area contributed by atoms with Gasteiger partial charge in [0.15, 0.2) is 0 Å². The molecular weight excluding hydrogens is 322 g/mol. The Labute approximate surface area is 145 Å². The molecule has 132 valence electrons. The Kier molecular flexibility index (Phi) is 4.55. The number of hydrogen-bond donors (Lipinski definition) is 1. The van der Waals surface area contributed by atoms with E-state index in [0.29, 0.717) is 25.6 Å². The average molecular weight is 343 g/mol. The predicted octanol–water partition coefficient (Wildman–Crippen LogP) is 0.591. The SMILES string of the molecule is O=C(C1CCCO1)N1CCCn2nnc(CNc3ncccn3)c2C1. The minimum absolute atomic E-state index is 0.0810. The largest absolute Gasteiger partial charge is 0.368 e. The minimum atomic E-state index is -0.290. The second kappa shape index (κ2) is 7.14. The molecule has 1 atom stereocenters. The molecule has 0 radical (unpaired) electrons. The molecule has 2 aromatic rings. The lowest BCUT2D eigenvalue weighted by Gasteiger charge is -2.23. The maximum absolute atomic E-state index is 12.7. The van der Waals surface area contributed by atoms with E-state index >= 15 is 0 Å². The van der Waals surface area contributed by atoms with E-state index in [2.05, 4.69) is 25.6 Å². The molecule has 0 aliphatic carbocycles. The molecule has 25 heavy (non-hydrogen) atoms. The number of aryl methyl sites for hydroxylation is 1. The van der Waals surface area contributed by atoms with Gasteiger partial charge in [-0.05, 0) is 25.3 Å². The van der Waals surface area contributed by atoms with E-state index in [1.165, 1.54) is 0 Å². The van der Waals surface area contributed by atoms with Gasteiger partial charge in [0.25, 0.3) is 5.91 Å². The molecule has 0 saturated carbocycles. The molecule has 1 saturated heterocycles. The summed E-state index contributed by atoms with van der Waals surface area (Å²) >= 11 is 0. The Morgan fingerprint density at radius 2 is 2.16 bits per heavy atom. The van der Waals surface area contributed by atoms with E-state index < -0.39 is 0 Å². The van der Waals surface area contributed by atoms with Crippen molar-refractivity contribution in [1.29, 1.82) is 0 Å². The summed E-state index contributed by atoms with van der Waals surface area (Å²) in [4.78, 5) is 22.9. The molecule has 4 heterocycles. The number of hydrogen-bond acceptors (Lipinski definition) is 7. The standard InChI is InChI=1S/C16H21N7O2/c24-15(14-4-1-9-25-14)22-7-3-8-23-13(11-22)12(20-21-23)10-19-16-17-5-2-6-18-16/h2,5-6,14H,1,3-4,7-11H2,(H,17,18,19). The van der Waals surface area contributed by atoms with Crippen molar-refractivity contribution >= 4 is 11.9 Å². The van der Waals surface area contributed by atoms with Gasteiger partial charge in [-0.1, -0.05) is 5.21 Å². The topological polar surface area (TPSA) is 98.1 Å². The number of carbonyl (C=O) groups excluding carboxylic acids is 1. The molecule has 0 aromatic carbocycles. The van der Waals surface area contributed by atoms with Gasteiger partial charge >= 0.3 is 0 Å². The van der Waals surface area contributed by atoms with Gasteiger partial charge < -0.3 is 15.0 Å². The molecule has 9 heteroatoms. The zero-order chi connectivity index (χ0) is 17.1. The second-order valence-electron chi connectivity index (χ2n) is 6.25. The number of aromatic nitrogens is 5. The normalized spacial score (nSPS) is 20.2. The molecular formula is C16H21N7O2. The maximum atomic E-state index is 12.7.